The van der Waals surface area contributed by atoms with Crippen molar-refractivity contribution in [2.75, 3.05) is 11.5 Å². The lowest BCUT2D eigenvalue weighted by molar-refractivity contribution is -0.154. The first-order chi connectivity index (χ1) is 14.6. The molecule has 4 nitrogen and oxygen atoms in total. The van der Waals surface area contributed by atoms with Gasteiger partial charge in [0, 0.05) is 16.4 Å². The van der Waals surface area contributed by atoms with Crippen LogP contribution in [0.3, 0.4) is 0 Å². The number of aliphatic hydroxyl groups excluding tert-OH is 1. The van der Waals surface area contributed by atoms with Crippen molar-refractivity contribution >= 4 is 35.0 Å². The Kier molecular flexibility index (Phi) is 5.88. The van der Waals surface area contributed by atoms with Crippen LogP contribution in [0.25, 0.3) is 11.8 Å². The number of carbonyl (C=O) groups is 1. The van der Waals surface area contributed by atoms with E-state index in [4.69, 9.17) is 16.3 Å². The summed E-state index contributed by atoms with van der Waals surface area (Å²) in [6.07, 6.45) is 0.711. The van der Waals surface area contributed by atoms with E-state index in [9.17, 15) is 9.90 Å². The minimum absolute atomic E-state index is 0.201. The second-order valence-corrected chi connectivity index (χ2v) is 7.45. The predicted molar refractivity (Wildman–Crippen MR) is 120 cm³/mol. The van der Waals surface area contributed by atoms with E-state index in [2.05, 4.69) is 6.08 Å². The molecule has 0 fully saturated rings. The number of hydrogen-bond donors (Lipinski definition) is 1. The smallest absolute Gasteiger partial charge is 0.337 e. The van der Waals surface area contributed by atoms with Crippen molar-refractivity contribution in [1.82, 2.24) is 0 Å². The van der Waals surface area contributed by atoms with Gasteiger partial charge in [0.25, 0.3) is 0 Å². The van der Waals surface area contributed by atoms with E-state index in [1.54, 1.807) is 19.1 Å². The van der Waals surface area contributed by atoms with Crippen LogP contribution in [0, 0.1) is 0 Å². The molecule has 0 saturated carbocycles. The first-order valence-corrected chi connectivity index (χ1v) is 10.2. The van der Waals surface area contributed by atoms with Gasteiger partial charge in [-0.2, -0.15) is 0 Å². The first kappa shape index (κ1) is 20.2. The molecule has 1 aliphatic heterocycles. The van der Waals surface area contributed by atoms with Crippen LogP contribution in [0.5, 0.6) is 0 Å². The van der Waals surface area contributed by atoms with Crippen molar-refractivity contribution in [2.45, 2.75) is 19.1 Å². The molecular weight excluding hydrogens is 398 g/mol. The molecule has 2 atom stereocenters. The summed E-state index contributed by atoms with van der Waals surface area (Å²) in [4.78, 5) is 14.6. The molecule has 5 heteroatoms. The molecule has 4 rings (SSSR count). The minimum atomic E-state index is -1.37. The molecule has 0 saturated heterocycles. The molecule has 0 amide bonds. The average Bonchev–Trinajstić information content (AvgIpc) is 2.78. The van der Waals surface area contributed by atoms with Gasteiger partial charge < -0.3 is 14.7 Å². The molecule has 30 heavy (non-hydrogen) atoms. The molecule has 1 heterocycles. The van der Waals surface area contributed by atoms with Gasteiger partial charge in [-0.25, -0.2) is 4.79 Å². The third kappa shape index (κ3) is 3.84. The van der Waals surface area contributed by atoms with Crippen LogP contribution in [-0.4, -0.2) is 23.8 Å². The number of aliphatic hydroxyl groups is 1. The Bertz CT molecular complexity index is 1060. The molecule has 0 radical (unpaired) electrons. The van der Waals surface area contributed by atoms with Crippen LogP contribution < -0.4 is 4.90 Å². The van der Waals surface area contributed by atoms with Gasteiger partial charge in [0.1, 0.15) is 0 Å². The maximum Gasteiger partial charge on any atom is 0.337 e. The molecule has 3 aromatic carbocycles. The lowest BCUT2D eigenvalue weighted by atomic mass is 9.88. The number of esters is 1. The first-order valence-electron chi connectivity index (χ1n) is 9.85. The summed E-state index contributed by atoms with van der Waals surface area (Å²) in [5, 5.41) is 11.7. The second kappa shape index (κ2) is 8.74. The van der Waals surface area contributed by atoms with Crippen LogP contribution in [0.1, 0.15) is 29.7 Å². The molecule has 152 valence electrons. The molecular formula is C25H22ClNO3. The Balaban J connectivity index is 1.93. The molecule has 1 aliphatic rings. The van der Waals surface area contributed by atoms with E-state index in [1.807, 2.05) is 71.6 Å². The highest BCUT2D eigenvalue weighted by Gasteiger charge is 2.39. The number of nitrogens with zero attached hydrogens (tertiary/aromatic N) is 1. The second-order valence-electron chi connectivity index (χ2n) is 7.01. The summed E-state index contributed by atoms with van der Waals surface area (Å²) >= 11 is 6.12. The number of benzene rings is 3. The highest BCUT2D eigenvalue weighted by Crippen LogP contribution is 2.43. The van der Waals surface area contributed by atoms with Gasteiger partial charge in [-0.1, -0.05) is 66.2 Å². The van der Waals surface area contributed by atoms with E-state index in [0.717, 1.165) is 28.1 Å². The molecule has 1 N–H and O–H groups in total. The van der Waals surface area contributed by atoms with Crippen molar-refractivity contribution in [3.63, 3.8) is 0 Å². The van der Waals surface area contributed by atoms with E-state index in [-0.39, 0.29) is 6.61 Å². The van der Waals surface area contributed by atoms with Crippen molar-refractivity contribution in [1.29, 1.82) is 0 Å². The standard InChI is InChI=1S/C25H22ClNO3/c1-2-30-25(29)24(28)23-21-11-7-6-10-18(21)16-22(17-8-4-3-5-9-17)27(23)20-14-12-19(26)13-15-20/h3-16,23-24,28H,2H2,1H3. The zero-order chi connectivity index (χ0) is 21.1. The summed E-state index contributed by atoms with van der Waals surface area (Å²) in [7, 11) is 0. The van der Waals surface area contributed by atoms with Crippen molar-refractivity contribution in [2.24, 2.45) is 0 Å². The molecule has 0 spiro atoms. The topological polar surface area (TPSA) is 49.8 Å². The van der Waals surface area contributed by atoms with Crippen molar-refractivity contribution < 1.29 is 14.6 Å². The quantitative estimate of drug-likeness (QED) is 0.568. The lowest BCUT2D eigenvalue weighted by Gasteiger charge is -2.41. The number of halogens is 1. The number of ether oxygens (including phenoxy) is 1. The maximum atomic E-state index is 12.6. The lowest BCUT2D eigenvalue weighted by Crippen LogP contribution is -2.42. The fraction of sp³-hybridized carbons (Fsp3) is 0.160. The Hall–Kier alpha value is -3.08. The Labute approximate surface area is 181 Å². The van der Waals surface area contributed by atoms with Crippen molar-refractivity contribution in [3.8, 4) is 0 Å². The van der Waals surface area contributed by atoms with Crippen molar-refractivity contribution in [3.05, 3.63) is 101 Å². The molecule has 0 bridgehead atoms. The summed E-state index contributed by atoms with van der Waals surface area (Å²) in [5.41, 5.74) is 4.48. The number of fused-ring (bicyclic) bond motifs is 1. The average molecular weight is 420 g/mol. The third-order valence-electron chi connectivity index (χ3n) is 5.15. The largest absolute Gasteiger partial charge is 0.464 e. The zero-order valence-corrected chi connectivity index (χ0v) is 17.3. The molecule has 2 unspecified atom stereocenters. The van der Waals surface area contributed by atoms with Gasteiger partial charge in [-0.3, -0.25) is 0 Å². The molecule has 0 aliphatic carbocycles. The van der Waals surface area contributed by atoms with E-state index in [0.29, 0.717) is 5.02 Å². The zero-order valence-electron chi connectivity index (χ0n) is 16.5. The van der Waals surface area contributed by atoms with E-state index < -0.39 is 18.1 Å². The van der Waals surface area contributed by atoms with Gasteiger partial charge in [-0.05, 0) is 54.0 Å². The molecule has 3 aromatic rings. The van der Waals surface area contributed by atoms with E-state index >= 15 is 0 Å². The number of carbonyl (C=O) groups excluding carboxylic acids is 1. The van der Waals surface area contributed by atoms with Gasteiger partial charge >= 0.3 is 5.97 Å². The van der Waals surface area contributed by atoms with Crippen LogP contribution in [0.4, 0.5) is 5.69 Å². The summed E-state index contributed by atoms with van der Waals surface area (Å²) < 4.78 is 5.16. The maximum absolute atomic E-state index is 12.6. The fourth-order valence-electron chi connectivity index (χ4n) is 3.82. The van der Waals surface area contributed by atoms with E-state index in [1.165, 1.54) is 0 Å². The highest BCUT2D eigenvalue weighted by molar-refractivity contribution is 6.30. The van der Waals surface area contributed by atoms with Crippen LogP contribution >= 0.6 is 11.6 Å². The van der Waals surface area contributed by atoms with Crippen LogP contribution in [0.15, 0.2) is 78.9 Å². The van der Waals surface area contributed by atoms with Gasteiger partial charge in [0.05, 0.1) is 12.6 Å². The number of hydrogen-bond acceptors (Lipinski definition) is 4. The number of anilines is 1. The monoisotopic (exact) mass is 419 g/mol. The minimum Gasteiger partial charge on any atom is -0.464 e. The fourth-order valence-corrected chi connectivity index (χ4v) is 3.94. The van der Waals surface area contributed by atoms with Gasteiger partial charge in [-0.15, -0.1) is 0 Å². The normalized spacial score (nSPS) is 16.4. The van der Waals surface area contributed by atoms with Gasteiger partial charge in [0.15, 0.2) is 6.10 Å². The van der Waals surface area contributed by atoms with Crippen LogP contribution in [0.2, 0.25) is 5.02 Å². The molecule has 0 aromatic heterocycles. The van der Waals surface area contributed by atoms with Gasteiger partial charge in [0.2, 0.25) is 0 Å². The third-order valence-corrected chi connectivity index (χ3v) is 5.40. The summed E-state index contributed by atoms with van der Waals surface area (Å²) in [6.45, 7) is 1.93. The highest BCUT2D eigenvalue weighted by atomic mass is 35.5. The SMILES string of the molecule is CCOC(=O)C(O)C1c2ccccc2C=C(c2ccccc2)N1c1ccc(Cl)cc1. The Morgan fingerprint density at radius 3 is 2.40 bits per heavy atom. The summed E-state index contributed by atoms with van der Waals surface area (Å²) in [5.74, 6) is -0.648. The number of rotatable bonds is 5. The summed E-state index contributed by atoms with van der Waals surface area (Å²) in [6, 6.07) is 24.4. The Morgan fingerprint density at radius 1 is 1.03 bits per heavy atom. The predicted octanol–water partition coefficient (Wildman–Crippen LogP) is 5.32. The Morgan fingerprint density at radius 2 is 1.70 bits per heavy atom. The van der Waals surface area contributed by atoms with Crippen LogP contribution in [-0.2, 0) is 9.53 Å².